The van der Waals surface area contributed by atoms with Gasteiger partial charge in [0, 0.05) is 10.8 Å². The number of carbonyl (C=O) groups excluding carboxylic acids is 2. The highest BCUT2D eigenvalue weighted by molar-refractivity contribution is 5.94. The molecule has 0 fully saturated rings. The Morgan fingerprint density at radius 2 is 0.867 bits per heavy atom. The van der Waals surface area contributed by atoms with Crippen LogP contribution in [0.2, 0.25) is 0 Å². The zero-order valence-corrected chi connectivity index (χ0v) is 25.5. The van der Waals surface area contributed by atoms with E-state index in [0.29, 0.717) is 5.75 Å². The van der Waals surface area contributed by atoms with Crippen LogP contribution in [-0.2, 0) is 10.8 Å². The molecule has 5 rings (SSSR count). The van der Waals surface area contributed by atoms with Crippen LogP contribution in [-0.4, -0.2) is 22.3 Å². The van der Waals surface area contributed by atoms with Gasteiger partial charge in [-0.2, -0.15) is 0 Å². The Hall–Kier alpha value is -5.56. The average Bonchev–Trinajstić information content (AvgIpc) is 3.02. The first-order valence-electron chi connectivity index (χ1n) is 14.4. The van der Waals surface area contributed by atoms with E-state index in [1.54, 1.807) is 60.7 Å². The fraction of sp³-hybridized carbons (Fsp3) is 0.158. The standard InChI is InChI=1S/C38H34O7/c1-37(2,25-9-17-29(39)18-10-25)27-13-21-31(22-14-27)43-35(41)33-7-5-6-8-34(33)45-36(42)44-32-23-15-28(16-24-32)38(3,4)26-11-19-30(40)20-12-26/h5-24,39-40H,1-4H3. The minimum absolute atomic E-state index is 0.00247. The molecular formula is C38H34O7. The van der Waals surface area contributed by atoms with Crippen molar-refractivity contribution in [3.05, 3.63) is 149 Å². The maximum Gasteiger partial charge on any atom is 0.519 e. The monoisotopic (exact) mass is 602 g/mol. The van der Waals surface area contributed by atoms with Gasteiger partial charge in [0.25, 0.3) is 0 Å². The van der Waals surface area contributed by atoms with Crippen LogP contribution >= 0.6 is 0 Å². The van der Waals surface area contributed by atoms with Crippen LogP contribution in [0.1, 0.15) is 60.3 Å². The van der Waals surface area contributed by atoms with Gasteiger partial charge in [0.15, 0.2) is 0 Å². The number of ether oxygens (including phenoxy) is 3. The van der Waals surface area contributed by atoms with E-state index in [2.05, 4.69) is 27.7 Å². The van der Waals surface area contributed by atoms with Gasteiger partial charge in [-0.25, -0.2) is 9.59 Å². The second-order valence-electron chi connectivity index (χ2n) is 11.7. The molecule has 0 unspecified atom stereocenters. The molecule has 0 aliphatic rings. The number of benzene rings is 5. The fourth-order valence-corrected chi connectivity index (χ4v) is 5.06. The van der Waals surface area contributed by atoms with Gasteiger partial charge in [0.05, 0.1) is 0 Å². The Labute approximate surface area is 262 Å². The topological polar surface area (TPSA) is 102 Å². The summed E-state index contributed by atoms with van der Waals surface area (Å²) >= 11 is 0. The molecule has 0 aliphatic heterocycles. The molecule has 0 radical (unpaired) electrons. The highest BCUT2D eigenvalue weighted by Gasteiger charge is 2.25. The summed E-state index contributed by atoms with van der Waals surface area (Å²) in [6.45, 7) is 8.26. The van der Waals surface area contributed by atoms with Crippen molar-refractivity contribution in [1.29, 1.82) is 0 Å². The number of phenols is 2. The molecule has 0 aromatic heterocycles. The molecule has 0 heterocycles. The molecule has 7 heteroatoms. The lowest BCUT2D eigenvalue weighted by atomic mass is 9.78. The maximum absolute atomic E-state index is 13.1. The van der Waals surface area contributed by atoms with E-state index in [9.17, 15) is 19.8 Å². The Balaban J connectivity index is 1.23. The van der Waals surface area contributed by atoms with E-state index in [-0.39, 0.29) is 39.4 Å². The number of carbonyl (C=O) groups is 2. The fourth-order valence-electron chi connectivity index (χ4n) is 5.06. The molecule has 0 bridgehead atoms. The van der Waals surface area contributed by atoms with Gasteiger partial charge in [-0.15, -0.1) is 0 Å². The lowest BCUT2D eigenvalue weighted by Crippen LogP contribution is -2.19. The zero-order valence-electron chi connectivity index (χ0n) is 25.5. The number of rotatable bonds is 8. The molecule has 0 saturated heterocycles. The predicted molar refractivity (Wildman–Crippen MR) is 171 cm³/mol. The Morgan fingerprint density at radius 1 is 0.489 bits per heavy atom. The normalized spacial score (nSPS) is 11.5. The van der Waals surface area contributed by atoms with Gasteiger partial charge in [-0.05, 0) is 82.9 Å². The summed E-state index contributed by atoms with van der Waals surface area (Å²) in [5, 5.41) is 19.2. The predicted octanol–water partition coefficient (Wildman–Crippen LogP) is 8.55. The van der Waals surface area contributed by atoms with Gasteiger partial charge in [-0.1, -0.05) is 88.4 Å². The Morgan fingerprint density at radius 3 is 1.31 bits per heavy atom. The Bertz CT molecular complexity index is 1790. The van der Waals surface area contributed by atoms with E-state index >= 15 is 0 Å². The quantitative estimate of drug-likeness (QED) is 0.104. The van der Waals surface area contributed by atoms with Crippen molar-refractivity contribution in [2.75, 3.05) is 0 Å². The van der Waals surface area contributed by atoms with Gasteiger partial charge in [-0.3, -0.25) is 0 Å². The summed E-state index contributed by atoms with van der Waals surface area (Å²) in [4.78, 5) is 25.8. The number of hydrogen-bond donors (Lipinski definition) is 2. The lowest BCUT2D eigenvalue weighted by molar-refractivity contribution is 0.0731. The summed E-state index contributed by atoms with van der Waals surface area (Å²) < 4.78 is 16.4. The van der Waals surface area contributed by atoms with Crippen molar-refractivity contribution in [3.63, 3.8) is 0 Å². The molecule has 0 saturated carbocycles. The average molecular weight is 603 g/mol. The molecular weight excluding hydrogens is 568 g/mol. The SMILES string of the molecule is CC(C)(c1ccc(O)cc1)c1ccc(OC(=O)Oc2ccccc2C(=O)Oc2ccc(C(C)(C)c3ccc(O)cc3)cc2)cc1. The van der Waals surface area contributed by atoms with Crippen molar-refractivity contribution in [2.45, 2.75) is 38.5 Å². The smallest absolute Gasteiger partial charge is 0.508 e. The van der Waals surface area contributed by atoms with Crippen LogP contribution in [0.15, 0.2) is 121 Å². The van der Waals surface area contributed by atoms with Crippen molar-refractivity contribution in [2.24, 2.45) is 0 Å². The van der Waals surface area contributed by atoms with Gasteiger partial charge < -0.3 is 24.4 Å². The van der Waals surface area contributed by atoms with Crippen molar-refractivity contribution in [3.8, 4) is 28.7 Å². The summed E-state index contributed by atoms with van der Waals surface area (Å²) in [6, 6.07) is 34.6. The number of aromatic hydroxyl groups is 2. The number of hydrogen-bond acceptors (Lipinski definition) is 7. The first-order chi connectivity index (χ1) is 21.4. The van der Waals surface area contributed by atoms with Gasteiger partial charge in [0.1, 0.15) is 34.3 Å². The first-order valence-corrected chi connectivity index (χ1v) is 14.4. The number of para-hydroxylation sites is 1. The third-order valence-corrected chi connectivity index (χ3v) is 8.04. The molecule has 228 valence electrons. The molecule has 0 spiro atoms. The zero-order chi connectivity index (χ0) is 32.2. The van der Waals surface area contributed by atoms with Gasteiger partial charge in [0.2, 0.25) is 0 Å². The van der Waals surface area contributed by atoms with Crippen LogP contribution in [0.4, 0.5) is 4.79 Å². The summed E-state index contributed by atoms with van der Waals surface area (Å²) in [6.07, 6.45) is -0.999. The number of phenolic OH excluding ortho intramolecular Hbond substituents is 2. The van der Waals surface area contributed by atoms with Gasteiger partial charge >= 0.3 is 12.1 Å². The van der Waals surface area contributed by atoms with Crippen molar-refractivity contribution < 1.29 is 34.0 Å². The second-order valence-corrected chi connectivity index (χ2v) is 11.7. The highest BCUT2D eigenvalue weighted by Crippen LogP contribution is 2.35. The molecule has 0 aliphatic carbocycles. The van der Waals surface area contributed by atoms with Crippen LogP contribution in [0.5, 0.6) is 28.7 Å². The van der Waals surface area contributed by atoms with E-state index in [1.807, 2.05) is 48.5 Å². The molecule has 7 nitrogen and oxygen atoms in total. The summed E-state index contributed by atoms with van der Waals surface area (Å²) in [5.41, 5.74) is 3.39. The minimum Gasteiger partial charge on any atom is -0.508 e. The first kappa shape index (κ1) is 30.9. The minimum atomic E-state index is -0.999. The summed E-state index contributed by atoms with van der Waals surface area (Å²) in [7, 11) is 0. The summed E-state index contributed by atoms with van der Waals surface area (Å²) in [5.74, 6) is 0.328. The van der Waals surface area contributed by atoms with E-state index in [1.165, 1.54) is 12.1 Å². The van der Waals surface area contributed by atoms with E-state index in [4.69, 9.17) is 14.2 Å². The van der Waals surface area contributed by atoms with Crippen LogP contribution in [0.25, 0.3) is 0 Å². The highest BCUT2D eigenvalue weighted by atomic mass is 16.7. The van der Waals surface area contributed by atoms with E-state index < -0.39 is 12.1 Å². The molecule has 2 N–H and O–H groups in total. The molecule has 5 aromatic carbocycles. The van der Waals surface area contributed by atoms with Crippen LogP contribution < -0.4 is 14.2 Å². The Kier molecular flexibility index (Phi) is 8.64. The van der Waals surface area contributed by atoms with Crippen LogP contribution in [0.3, 0.4) is 0 Å². The molecule has 0 amide bonds. The van der Waals surface area contributed by atoms with E-state index in [0.717, 1.165) is 22.3 Å². The molecule has 5 aromatic rings. The third kappa shape index (κ3) is 6.99. The second kappa shape index (κ2) is 12.6. The lowest BCUT2D eigenvalue weighted by Gasteiger charge is -2.26. The van der Waals surface area contributed by atoms with Crippen molar-refractivity contribution in [1.82, 2.24) is 0 Å². The maximum atomic E-state index is 13.1. The molecule has 0 atom stereocenters. The largest absolute Gasteiger partial charge is 0.519 e. The van der Waals surface area contributed by atoms with Crippen molar-refractivity contribution >= 4 is 12.1 Å². The number of esters is 1. The molecule has 45 heavy (non-hydrogen) atoms. The third-order valence-electron chi connectivity index (χ3n) is 8.04. The van der Waals surface area contributed by atoms with Crippen LogP contribution in [0, 0.1) is 0 Å².